The number of anilines is 1. The molecule has 0 bridgehead atoms. The summed E-state index contributed by atoms with van der Waals surface area (Å²) in [6.07, 6.45) is 1.42. The molecule has 144 valence electrons. The first kappa shape index (κ1) is 18.2. The van der Waals surface area contributed by atoms with Crippen molar-refractivity contribution in [2.24, 2.45) is 0 Å². The summed E-state index contributed by atoms with van der Waals surface area (Å²) >= 11 is 0. The average Bonchev–Trinajstić information content (AvgIpc) is 3.19. The van der Waals surface area contributed by atoms with Gasteiger partial charge in [-0.3, -0.25) is 14.4 Å². The Morgan fingerprint density at radius 3 is 1.93 bits per heavy atom. The Kier molecular flexibility index (Phi) is 5.10. The molecule has 0 atom stereocenters. The van der Waals surface area contributed by atoms with E-state index in [0.29, 0.717) is 50.3 Å². The molecule has 0 aliphatic carbocycles. The van der Waals surface area contributed by atoms with E-state index in [2.05, 4.69) is 0 Å². The van der Waals surface area contributed by atoms with Crippen LogP contribution in [0.25, 0.3) is 0 Å². The predicted octanol–water partition coefficient (Wildman–Crippen LogP) is 2.41. The number of hydrogen-bond donors (Lipinski definition) is 0. The van der Waals surface area contributed by atoms with Crippen LogP contribution in [0.4, 0.5) is 5.69 Å². The Morgan fingerprint density at radius 1 is 0.714 bits per heavy atom. The van der Waals surface area contributed by atoms with Crippen LogP contribution in [0.5, 0.6) is 0 Å². The molecule has 0 aromatic heterocycles. The van der Waals surface area contributed by atoms with Gasteiger partial charge in [0.05, 0.1) is 0 Å². The minimum absolute atomic E-state index is 0.00208. The molecule has 2 aromatic carbocycles. The van der Waals surface area contributed by atoms with E-state index in [1.54, 1.807) is 26.8 Å². The highest BCUT2D eigenvalue weighted by Crippen LogP contribution is 2.23. The summed E-state index contributed by atoms with van der Waals surface area (Å²) in [4.78, 5) is 42.7. The van der Waals surface area contributed by atoms with Crippen molar-refractivity contribution in [3.05, 3.63) is 65.7 Å². The number of nitrogens with zero attached hydrogens (tertiary/aromatic N) is 3. The Bertz CT molecular complexity index is 889. The van der Waals surface area contributed by atoms with Gasteiger partial charge >= 0.3 is 0 Å². The molecular weight excluding hydrogens is 354 g/mol. The monoisotopic (exact) mass is 377 g/mol. The van der Waals surface area contributed by atoms with Gasteiger partial charge in [-0.15, -0.1) is 0 Å². The van der Waals surface area contributed by atoms with Crippen molar-refractivity contribution in [3.8, 4) is 0 Å². The van der Waals surface area contributed by atoms with Crippen molar-refractivity contribution in [3.63, 3.8) is 0 Å². The lowest BCUT2D eigenvalue weighted by Gasteiger charge is -2.35. The average molecular weight is 377 g/mol. The highest BCUT2D eigenvalue weighted by atomic mass is 16.2. The van der Waals surface area contributed by atoms with Crippen molar-refractivity contribution < 1.29 is 14.4 Å². The maximum atomic E-state index is 12.9. The molecule has 0 spiro atoms. The minimum atomic E-state index is -0.0553. The predicted molar refractivity (Wildman–Crippen MR) is 106 cm³/mol. The van der Waals surface area contributed by atoms with E-state index in [-0.39, 0.29) is 17.7 Å². The van der Waals surface area contributed by atoms with Crippen LogP contribution in [-0.2, 0) is 4.79 Å². The number of benzene rings is 2. The summed E-state index contributed by atoms with van der Waals surface area (Å²) in [6, 6.07) is 16.5. The number of carbonyl (C=O) groups excluding carboxylic acids is 3. The van der Waals surface area contributed by atoms with E-state index in [1.165, 1.54) is 0 Å². The van der Waals surface area contributed by atoms with Crippen LogP contribution in [-0.4, -0.2) is 60.2 Å². The molecule has 2 aliphatic heterocycles. The first-order valence-electron chi connectivity index (χ1n) is 9.67. The molecule has 28 heavy (non-hydrogen) atoms. The summed E-state index contributed by atoms with van der Waals surface area (Å²) in [5.41, 5.74) is 2.04. The molecule has 2 heterocycles. The van der Waals surface area contributed by atoms with E-state index < -0.39 is 0 Å². The van der Waals surface area contributed by atoms with Gasteiger partial charge in [-0.2, -0.15) is 0 Å². The van der Waals surface area contributed by atoms with Gasteiger partial charge in [0, 0.05) is 56.0 Å². The van der Waals surface area contributed by atoms with Crippen molar-refractivity contribution >= 4 is 23.4 Å². The summed E-state index contributed by atoms with van der Waals surface area (Å²) in [5.74, 6) is 0.0557. The molecular formula is C22H23N3O3. The first-order valence-corrected chi connectivity index (χ1v) is 9.67. The molecule has 2 aliphatic rings. The summed E-state index contributed by atoms with van der Waals surface area (Å²) in [5, 5.41) is 0. The van der Waals surface area contributed by atoms with E-state index in [9.17, 15) is 14.4 Å². The minimum Gasteiger partial charge on any atom is -0.335 e. The van der Waals surface area contributed by atoms with Gasteiger partial charge in [0.1, 0.15) is 0 Å². The van der Waals surface area contributed by atoms with Crippen LogP contribution < -0.4 is 4.90 Å². The second-order valence-electron chi connectivity index (χ2n) is 7.15. The van der Waals surface area contributed by atoms with Gasteiger partial charge in [0.25, 0.3) is 11.8 Å². The molecule has 6 nitrogen and oxygen atoms in total. The number of rotatable bonds is 3. The normalized spacial score (nSPS) is 17.1. The topological polar surface area (TPSA) is 60.9 Å². The number of carbonyl (C=O) groups is 3. The lowest BCUT2D eigenvalue weighted by atomic mass is 10.1. The third-order valence-electron chi connectivity index (χ3n) is 5.35. The fourth-order valence-corrected chi connectivity index (χ4v) is 3.79. The highest BCUT2D eigenvalue weighted by molar-refractivity contribution is 5.99. The van der Waals surface area contributed by atoms with Crippen LogP contribution in [0.3, 0.4) is 0 Å². The maximum Gasteiger partial charge on any atom is 0.254 e. The SMILES string of the molecule is O=C(c1ccccc1)N1CCN(C(=O)c2cccc(N3CCCC3=O)c2)CC1. The zero-order valence-corrected chi connectivity index (χ0v) is 15.7. The summed E-state index contributed by atoms with van der Waals surface area (Å²) in [7, 11) is 0. The third kappa shape index (κ3) is 3.63. The van der Waals surface area contributed by atoms with E-state index in [0.717, 1.165) is 12.1 Å². The second kappa shape index (κ2) is 7.84. The van der Waals surface area contributed by atoms with Crippen LogP contribution in [0.1, 0.15) is 33.6 Å². The number of amides is 3. The molecule has 0 unspecified atom stereocenters. The van der Waals surface area contributed by atoms with Gasteiger partial charge < -0.3 is 14.7 Å². The van der Waals surface area contributed by atoms with E-state index in [1.807, 2.05) is 42.5 Å². The lowest BCUT2D eigenvalue weighted by molar-refractivity contribution is -0.117. The molecule has 2 saturated heterocycles. The van der Waals surface area contributed by atoms with Crippen molar-refractivity contribution in [1.29, 1.82) is 0 Å². The van der Waals surface area contributed by atoms with E-state index >= 15 is 0 Å². The van der Waals surface area contributed by atoms with Crippen LogP contribution >= 0.6 is 0 Å². The van der Waals surface area contributed by atoms with Crippen LogP contribution in [0.2, 0.25) is 0 Å². The molecule has 2 fully saturated rings. The molecule has 0 saturated carbocycles. The molecule has 3 amide bonds. The Hall–Kier alpha value is -3.15. The number of hydrogen-bond acceptors (Lipinski definition) is 3. The Morgan fingerprint density at radius 2 is 1.32 bits per heavy atom. The van der Waals surface area contributed by atoms with Crippen molar-refractivity contribution in [2.45, 2.75) is 12.8 Å². The Labute approximate surface area is 164 Å². The zero-order chi connectivity index (χ0) is 19.5. The highest BCUT2D eigenvalue weighted by Gasteiger charge is 2.27. The quantitative estimate of drug-likeness (QED) is 0.825. The van der Waals surface area contributed by atoms with Gasteiger partial charge in [-0.05, 0) is 36.8 Å². The van der Waals surface area contributed by atoms with Gasteiger partial charge in [-0.1, -0.05) is 24.3 Å². The Balaban J connectivity index is 1.40. The first-order chi connectivity index (χ1) is 13.6. The fourth-order valence-electron chi connectivity index (χ4n) is 3.79. The van der Waals surface area contributed by atoms with Crippen LogP contribution in [0, 0.1) is 0 Å². The maximum absolute atomic E-state index is 12.9. The van der Waals surface area contributed by atoms with E-state index in [4.69, 9.17) is 0 Å². The third-order valence-corrected chi connectivity index (χ3v) is 5.35. The van der Waals surface area contributed by atoms with Gasteiger partial charge in [0.2, 0.25) is 5.91 Å². The molecule has 0 radical (unpaired) electrons. The molecule has 4 rings (SSSR count). The lowest BCUT2D eigenvalue weighted by Crippen LogP contribution is -2.50. The zero-order valence-electron chi connectivity index (χ0n) is 15.7. The van der Waals surface area contributed by atoms with Crippen LogP contribution in [0.15, 0.2) is 54.6 Å². The fraction of sp³-hybridized carbons (Fsp3) is 0.318. The second-order valence-corrected chi connectivity index (χ2v) is 7.15. The van der Waals surface area contributed by atoms with Crippen molar-refractivity contribution in [1.82, 2.24) is 9.80 Å². The molecule has 6 heteroatoms. The standard InChI is InChI=1S/C22H23N3O3/c26-20-10-5-11-25(20)19-9-4-8-18(16-19)22(28)24-14-12-23(13-15-24)21(27)17-6-2-1-3-7-17/h1-4,6-9,16H,5,10-15H2. The molecule has 0 N–H and O–H groups in total. The molecule has 2 aromatic rings. The summed E-state index contributed by atoms with van der Waals surface area (Å²) in [6.45, 7) is 2.75. The van der Waals surface area contributed by atoms with Crippen molar-refractivity contribution in [2.75, 3.05) is 37.6 Å². The smallest absolute Gasteiger partial charge is 0.254 e. The van der Waals surface area contributed by atoms with Gasteiger partial charge in [-0.25, -0.2) is 0 Å². The summed E-state index contributed by atoms with van der Waals surface area (Å²) < 4.78 is 0. The number of piperazine rings is 1. The largest absolute Gasteiger partial charge is 0.335 e. The van der Waals surface area contributed by atoms with Gasteiger partial charge in [0.15, 0.2) is 0 Å².